The molecule has 3 aliphatic heterocycles. The first kappa shape index (κ1) is 19.7. The van der Waals surface area contributed by atoms with Crippen LogP contribution in [-0.4, -0.2) is 46.2 Å². The normalized spacial score (nSPS) is 31.5. The van der Waals surface area contributed by atoms with E-state index in [-0.39, 0.29) is 23.8 Å². The fourth-order valence-corrected chi connectivity index (χ4v) is 5.59. The molecule has 0 radical (unpaired) electrons. The molecule has 0 aliphatic carbocycles. The lowest BCUT2D eigenvalue weighted by molar-refractivity contribution is -0.147. The number of nitrogens with one attached hydrogen (secondary N) is 2. The molecule has 0 unspecified atom stereocenters. The molecule has 1 aromatic rings. The summed E-state index contributed by atoms with van der Waals surface area (Å²) in [5.41, 5.74) is -0.610. The SMILES string of the molecule is CSCC[C@@H]1N[C@@]2(C(=O)Nc3ccc(Cl)cc32)[C@@H]2C(=O)N(C(C)(C)C)C(=O)[C@@H]12. The standard InChI is InChI=1S/C20H24ClN3O3S/c1-19(2,3)24-16(25)14-13(7-8-28-4)23-20(15(14)17(24)26)11-9-10(21)5-6-12(11)22-18(20)27/h5-6,9,13-15,23H,7-8H2,1-4H3,(H,22,27)/t13-,14-,15-,20+/m0/s1. The van der Waals surface area contributed by atoms with Crippen molar-refractivity contribution < 1.29 is 14.4 Å². The number of hydrogen-bond donors (Lipinski definition) is 2. The summed E-state index contributed by atoms with van der Waals surface area (Å²) in [5, 5.41) is 6.80. The summed E-state index contributed by atoms with van der Waals surface area (Å²) in [4.78, 5) is 41.4. The number of likely N-dealkylation sites (tertiary alicyclic amines) is 1. The minimum absolute atomic E-state index is 0.193. The third-order valence-electron chi connectivity index (χ3n) is 5.98. The number of fused-ring (bicyclic) bond motifs is 4. The van der Waals surface area contributed by atoms with E-state index in [1.54, 1.807) is 30.0 Å². The predicted octanol–water partition coefficient (Wildman–Crippen LogP) is 2.61. The van der Waals surface area contributed by atoms with Crippen LogP contribution >= 0.6 is 23.4 Å². The van der Waals surface area contributed by atoms with Crippen molar-refractivity contribution in [1.82, 2.24) is 10.2 Å². The molecule has 0 saturated carbocycles. The van der Waals surface area contributed by atoms with E-state index in [0.717, 1.165) is 5.75 Å². The number of rotatable bonds is 3. The maximum atomic E-state index is 13.5. The van der Waals surface area contributed by atoms with E-state index in [4.69, 9.17) is 11.6 Å². The van der Waals surface area contributed by atoms with Gasteiger partial charge in [-0.3, -0.25) is 24.6 Å². The fraction of sp³-hybridized carbons (Fsp3) is 0.550. The number of hydrogen-bond acceptors (Lipinski definition) is 5. The van der Waals surface area contributed by atoms with Gasteiger partial charge in [0.1, 0.15) is 5.54 Å². The van der Waals surface area contributed by atoms with E-state index >= 15 is 0 Å². The Morgan fingerprint density at radius 1 is 1.21 bits per heavy atom. The Labute approximate surface area is 173 Å². The molecule has 8 heteroatoms. The van der Waals surface area contributed by atoms with Gasteiger partial charge >= 0.3 is 0 Å². The van der Waals surface area contributed by atoms with Gasteiger partial charge in [-0.25, -0.2) is 0 Å². The van der Waals surface area contributed by atoms with Crippen LogP contribution in [0.4, 0.5) is 5.69 Å². The summed E-state index contributed by atoms with van der Waals surface area (Å²) in [5.74, 6) is -1.27. The Morgan fingerprint density at radius 3 is 2.57 bits per heavy atom. The highest BCUT2D eigenvalue weighted by atomic mass is 35.5. The van der Waals surface area contributed by atoms with Gasteiger partial charge in [0, 0.05) is 27.9 Å². The van der Waals surface area contributed by atoms with Crippen LogP contribution in [0, 0.1) is 11.8 Å². The van der Waals surface area contributed by atoms with Gasteiger partial charge in [-0.05, 0) is 57.4 Å². The largest absolute Gasteiger partial charge is 0.324 e. The summed E-state index contributed by atoms with van der Waals surface area (Å²) in [6, 6.07) is 4.93. The first-order chi connectivity index (χ1) is 13.1. The van der Waals surface area contributed by atoms with Gasteiger partial charge in [0.15, 0.2) is 0 Å². The van der Waals surface area contributed by atoms with E-state index in [9.17, 15) is 14.4 Å². The minimum Gasteiger partial charge on any atom is -0.324 e. The highest BCUT2D eigenvalue weighted by Gasteiger charge is 2.71. The quantitative estimate of drug-likeness (QED) is 0.733. The predicted molar refractivity (Wildman–Crippen MR) is 110 cm³/mol. The second-order valence-corrected chi connectivity index (χ2v) is 10.1. The molecule has 28 heavy (non-hydrogen) atoms. The van der Waals surface area contributed by atoms with Gasteiger partial charge in [-0.1, -0.05) is 11.6 Å². The van der Waals surface area contributed by atoms with E-state index in [2.05, 4.69) is 10.6 Å². The Kier molecular flexibility index (Phi) is 4.56. The van der Waals surface area contributed by atoms with Crippen LogP contribution in [-0.2, 0) is 19.9 Å². The molecule has 0 aromatic heterocycles. The summed E-state index contributed by atoms with van der Waals surface area (Å²) in [7, 11) is 0. The lowest BCUT2D eigenvalue weighted by atomic mass is 9.76. The maximum Gasteiger partial charge on any atom is 0.250 e. The molecule has 3 heterocycles. The maximum absolute atomic E-state index is 13.5. The summed E-state index contributed by atoms with van der Waals surface area (Å²) in [6.45, 7) is 5.54. The second kappa shape index (κ2) is 6.47. The van der Waals surface area contributed by atoms with Crippen molar-refractivity contribution in [2.75, 3.05) is 17.3 Å². The van der Waals surface area contributed by atoms with Gasteiger partial charge in [0.25, 0.3) is 0 Å². The highest BCUT2D eigenvalue weighted by Crippen LogP contribution is 2.54. The lowest BCUT2D eigenvalue weighted by Crippen LogP contribution is -2.55. The third kappa shape index (κ3) is 2.56. The van der Waals surface area contributed by atoms with Gasteiger partial charge in [0.05, 0.1) is 11.8 Å². The minimum atomic E-state index is -1.26. The van der Waals surface area contributed by atoms with E-state index < -0.39 is 22.9 Å². The second-order valence-electron chi connectivity index (χ2n) is 8.67. The molecule has 2 fully saturated rings. The highest BCUT2D eigenvalue weighted by molar-refractivity contribution is 7.98. The first-order valence-corrected chi connectivity index (χ1v) is 11.2. The van der Waals surface area contributed by atoms with Crippen molar-refractivity contribution in [2.45, 2.75) is 44.3 Å². The summed E-state index contributed by atoms with van der Waals surface area (Å²) >= 11 is 7.91. The third-order valence-corrected chi connectivity index (χ3v) is 6.86. The van der Waals surface area contributed by atoms with Crippen LogP contribution in [0.25, 0.3) is 0 Å². The number of carbonyl (C=O) groups excluding carboxylic acids is 3. The molecule has 4 rings (SSSR count). The number of anilines is 1. The first-order valence-electron chi connectivity index (χ1n) is 9.39. The van der Waals surface area contributed by atoms with Crippen molar-refractivity contribution in [1.29, 1.82) is 0 Å². The fourth-order valence-electron chi connectivity index (χ4n) is 4.93. The van der Waals surface area contributed by atoms with Crippen molar-refractivity contribution in [3.05, 3.63) is 28.8 Å². The molecule has 2 N–H and O–H groups in total. The van der Waals surface area contributed by atoms with Crippen molar-refractivity contribution in [2.24, 2.45) is 11.8 Å². The van der Waals surface area contributed by atoms with Crippen molar-refractivity contribution in [3.8, 4) is 0 Å². The van der Waals surface area contributed by atoms with Crippen molar-refractivity contribution >= 4 is 46.8 Å². The average molecular weight is 422 g/mol. The van der Waals surface area contributed by atoms with Crippen LogP contribution in [0.5, 0.6) is 0 Å². The zero-order valence-corrected chi connectivity index (χ0v) is 17.9. The molecule has 6 nitrogen and oxygen atoms in total. The van der Waals surface area contributed by atoms with E-state index in [1.807, 2.05) is 27.0 Å². The molecule has 1 aromatic carbocycles. The van der Waals surface area contributed by atoms with Crippen LogP contribution in [0.2, 0.25) is 5.02 Å². The summed E-state index contributed by atoms with van der Waals surface area (Å²) < 4.78 is 0. The Hall–Kier alpha value is -1.57. The number of halogens is 1. The van der Waals surface area contributed by atoms with Crippen LogP contribution < -0.4 is 10.6 Å². The zero-order chi connectivity index (χ0) is 20.4. The molecule has 4 atom stereocenters. The Bertz CT molecular complexity index is 884. The van der Waals surface area contributed by atoms with Crippen LogP contribution in [0.3, 0.4) is 0 Å². The average Bonchev–Trinajstić information content (AvgIpc) is 3.18. The molecular weight excluding hydrogens is 398 g/mol. The monoisotopic (exact) mass is 421 g/mol. The smallest absolute Gasteiger partial charge is 0.250 e. The van der Waals surface area contributed by atoms with Gasteiger partial charge in [0.2, 0.25) is 17.7 Å². The topological polar surface area (TPSA) is 78.5 Å². The molecule has 3 aliphatic rings. The van der Waals surface area contributed by atoms with Crippen LogP contribution in [0.1, 0.15) is 32.8 Å². The molecule has 0 bridgehead atoms. The lowest BCUT2D eigenvalue weighted by Gasteiger charge is -2.34. The molecule has 2 saturated heterocycles. The van der Waals surface area contributed by atoms with Crippen LogP contribution in [0.15, 0.2) is 18.2 Å². The number of imide groups is 1. The number of carbonyl (C=O) groups is 3. The molecule has 150 valence electrons. The van der Waals surface area contributed by atoms with Gasteiger partial charge in [-0.2, -0.15) is 11.8 Å². The number of thioether (sulfide) groups is 1. The van der Waals surface area contributed by atoms with Crippen molar-refractivity contribution in [3.63, 3.8) is 0 Å². The number of nitrogens with zero attached hydrogens (tertiary/aromatic N) is 1. The van der Waals surface area contributed by atoms with Gasteiger partial charge < -0.3 is 5.32 Å². The molecule has 1 spiro atoms. The Balaban J connectivity index is 1.89. The summed E-state index contributed by atoms with van der Waals surface area (Å²) in [6.07, 6.45) is 2.70. The molecule has 3 amide bonds. The van der Waals surface area contributed by atoms with E-state index in [0.29, 0.717) is 22.7 Å². The molecular formula is C20H24ClN3O3S. The van der Waals surface area contributed by atoms with E-state index in [1.165, 1.54) is 4.90 Å². The van der Waals surface area contributed by atoms with Gasteiger partial charge in [-0.15, -0.1) is 0 Å². The number of benzene rings is 1. The zero-order valence-electron chi connectivity index (χ0n) is 16.3. The Morgan fingerprint density at radius 2 is 1.93 bits per heavy atom. The number of amides is 3.